The van der Waals surface area contributed by atoms with Gasteiger partial charge < -0.3 is 5.11 Å². The molecule has 0 bridgehead atoms. The molecule has 0 radical (unpaired) electrons. The van der Waals surface area contributed by atoms with Gasteiger partial charge in [-0.05, 0) is 12.8 Å². The molecule has 0 aromatic carbocycles. The van der Waals surface area contributed by atoms with Crippen LogP contribution in [0, 0.1) is 0 Å². The summed E-state index contributed by atoms with van der Waals surface area (Å²) in [5, 5.41) is 9.51. The van der Waals surface area contributed by atoms with Crippen LogP contribution < -0.4 is 0 Å². The highest BCUT2D eigenvalue weighted by Gasteiger charge is 2.41. The maximum absolute atomic E-state index is 11.3. The molecule has 0 unspecified atom stereocenters. The van der Waals surface area contributed by atoms with E-state index in [1.165, 1.54) is 0 Å². The summed E-state index contributed by atoms with van der Waals surface area (Å²) >= 11 is 0. The van der Waals surface area contributed by atoms with Gasteiger partial charge in [0.05, 0.1) is 18.1 Å². The Hall–Kier alpha value is -0.130. The maximum Gasteiger partial charge on any atom is 0.152 e. The van der Waals surface area contributed by atoms with Gasteiger partial charge in [0.15, 0.2) is 9.84 Å². The van der Waals surface area contributed by atoms with Gasteiger partial charge in [-0.2, -0.15) is 0 Å². The lowest BCUT2D eigenvalue weighted by Gasteiger charge is -2.42. The summed E-state index contributed by atoms with van der Waals surface area (Å²) in [4.78, 5) is 2.20. The largest absolute Gasteiger partial charge is 0.394 e. The van der Waals surface area contributed by atoms with Gasteiger partial charge in [-0.1, -0.05) is 12.8 Å². The van der Waals surface area contributed by atoms with Gasteiger partial charge in [-0.3, -0.25) is 4.90 Å². The molecule has 0 amide bonds. The predicted octanol–water partition coefficient (Wildman–Crippen LogP) is 0.0219. The Kier molecular flexibility index (Phi) is 3.05. The molecule has 0 atom stereocenters. The Morgan fingerprint density at radius 1 is 1.13 bits per heavy atom. The Morgan fingerprint density at radius 2 is 1.67 bits per heavy atom. The lowest BCUT2D eigenvalue weighted by Crippen LogP contribution is -2.55. The number of sulfone groups is 1. The molecule has 2 rings (SSSR count). The Morgan fingerprint density at radius 3 is 2.13 bits per heavy atom. The molecule has 2 fully saturated rings. The molecule has 4 nitrogen and oxygen atoms in total. The van der Waals surface area contributed by atoms with E-state index in [0.29, 0.717) is 13.1 Å². The molecule has 0 aromatic rings. The fourth-order valence-corrected chi connectivity index (χ4v) is 4.00. The molecular formula is C10H19NO3S. The molecule has 1 saturated carbocycles. The van der Waals surface area contributed by atoms with Gasteiger partial charge >= 0.3 is 0 Å². The SMILES string of the molecule is O=S1(=O)CCN(C2(CO)CCCC2)CC1. The number of aliphatic hydroxyl groups excluding tert-OH is 1. The van der Waals surface area contributed by atoms with E-state index in [-0.39, 0.29) is 23.7 Å². The molecule has 15 heavy (non-hydrogen) atoms. The topological polar surface area (TPSA) is 57.6 Å². The van der Waals surface area contributed by atoms with Crippen LogP contribution in [0.4, 0.5) is 0 Å². The van der Waals surface area contributed by atoms with Crippen molar-refractivity contribution >= 4 is 9.84 Å². The van der Waals surface area contributed by atoms with Gasteiger partial charge in [0.2, 0.25) is 0 Å². The molecule has 0 spiro atoms. The van der Waals surface area contributed by atoms with Crippen molar-refractivity contribution in [2.45, 2.75) is 31.2 Å². The highest BCUT2D eigenvalue weighted by atomic mass is 32.2. The zero-order valence-corrected chi connectivity index (χ0v) is 9.80. The quantitative estimate of drug-likeness (QED) is 0.730. The molecule has 1 heterocycles. The summed E-state index contributed by atoms with van der Waals surface area (Å²) in [6.07, 6.45) is 4.35. The molecule has 0 aromatic heterocycles. The van der Waals surface area contributed by atoms with E-state index >= 15 is 0 Å². The molecule has 88 valence electrons. The Labute approximate surface area is 91.2 Å². The summed E-state index contributed by atoms with van der Waals surface area (Å²) in [5.41, 5.74) is -0.101. The van der Waals surface area contributed by atoms with Crippen molar-refractivity contribution in [3.8, 4) is 0 Å². The molecular weight excluding hydrogens is 214 g/mol. The van der Waals surface area contributed by atoms with Crippen LogP contribution in [0.1, 0.15) is 25.7 Å². The maximum atomic E-state index is 11.3. The number of nitrogens with zero attached hydrogens (tertiary/aromatic N) is 1. The summed E-state index contributed by atoms with van der Waals surface area (Å²) < 4.78 is 22.6. The van der Waals surface area contributed by atoms with Gasteiger partial charge in [0.1, 0.15) is 0 Å². The normalized spacial score (nSPS) is 30.5. The second-order valence-electron chi connectivity index (χ2n) is 4.73. The first kappa shape index (κ1) is 11.4. The van der Waals surface area contributed by atoms with Gasteiger partial charge in [-0.15, -0.1) is 0 Å². The van der Waals surface area contributed by atoms with Crippen molar-refractivity contribution in [2.24, 2.45) is 0 Å². The van der Waals surface area contributed by atoms with Crippen LogP contribution in [0.5, 0.6) is 0 Å². The van der Waals surface area contributed by atoms with E-state index in [1.54, 1.807) is 0 Å². The predicted molar refractivity (Wildman–Crippen MR) is 58.5 cm³/mol. The minimum absolute atomic E-state index is 0.101. The van der Waals surface area contributed by atoms with Crippen LogP contribution in [0.3, 0.4) is 0 Å². The van der Waals surface area contributed by atoms with Crippen LogP contribution in [0.2, 0.25) is 0 Å². The second-order valence-corrected chi connectivity index (χ2v) is 7.03. The first-order chi connectivity index (χ1) is 7.08. The molecule has 1 saturated heterocycles. The average Bonchev–Trinajstić information content (AvgIpc) is 2.67. The first-order valence-electron chi connectivity index (χ1n) is 5.64. The van der Waals surface area contributed by atoms with Gasteiger partial charge in [0, 0.05) is 18.6 Å². The average molecular weight is 233 g/mol. The Balaban J connectivity index is 2.05. The van der Waals surface area contributed by atoms with Crippen LogP contribution in [-0.2, 0) is 9.84 Å². The van der Waals surface area contributed by atoms with E-state index in [2.05, 4.69) is 4.90 Å². The van der Waals surface area contributed by atoms with Crippen LogP contribution in [0.25, 0.3) is 0 Å². The third-order valence-corrected chi connectivity index (χ3v) is 5.45. The number of hydrogen-bond acceptors (Lipinski definition) is 4. The summed E-state index contributed by atoms with van der Waals surface area (Å²) in [6, 6.07) is 0. The number of hydrogen-bond donors (Lipinski definition) is 1. The minimum atomic E-state index is -2.80. The highest BCUT2D eigenvalue weighted by Crippen LogP contribution is 2.35. The van der Waals surface area contributed by atoms with Crippen molar-refractivity contribution in [2.75, 3.05) is 31.2 Å². The second kappa shape index (κ2) is 4.03. The van der Waals surface area contributed by atoms with Crippen molar-refractivity contribution in [3.63, 3.8) is 0 Å². The molecule has 5 heteroatoms. The lowest BCUT2D eigenvalue weighted by atomic mass is 9.96. The molecule has 2 aliphatic rings. The fourth-order valence-electron chi connectivity index (χ4n) is 2.79. The van der Waals surface area contributed by atoms with E-state index in [1.807, 2.05) is 0 Å². The third-order valence-electron chi connectivity index (χ3n) is 3.84. The monoisotopic (exact) mass is 233 g/mol. The number of aliphatic hydroxyl groups is 1. The van der Waals surface area contributed by atoms with Crippen molar-refractivity contribution in [1.29, 1.82) is 0 Å². The lowest BCUT2D eigenvalue weighted by molar-refractivity contribution is 0.0402. The Bertz CT molecular complexity index is 306. The van der Waals surface area contributed by atoms with Crippen LogP contribution >= 0.6 is 0 Å². The highest BCUT2D eigenvalue weighted by molar-refractivity contribution is 7.91. The van der Waals surface area contributed by atoms with E-state index < -0.39 is 9.84 Å². The van der Waals surface area contributed by atoms with Crippen molar-refractivity contribution in [1.82, 2.24) is 4.90 Å². The van der Waals surface area contributed by atoms with Crippen LogP contribution in [-0.4, -0.2) is 55.2 Å². The standard InChI is InChI=1S/C10H19NO3S/c12-9-10(3-1-2-4-10)11-5-7-15(13,14)8-6-11/h12H,1-9H2. The molecule has 1 aliphatic heterocycles. The van der Waals surface area contributed by atoms with Gasteiger partial charge in [-0.25, -0.2) is 8.42 Å². The summed E-state index contributed by atoms with van der Waals surface area (Å²) in [6.45, 7) is 1.37. The van der Waals surface area contributed by atoms with E-state index in [0.717, 1.165) is 25.7 Å². The fraction of sp³-hybridized carbons (Fsp3) is 1.00. The summed E-state index contributed by atoms with van der Waals surface area (Å²) in [7, 11) is -2.80. The molecule has 1 N–H and O–H groups in total. The first-order valence-corrected chi connectivity index (χ1v) is 7.47. The molecule has 1 aliphatic carbocycles. The van der Waals surface area contributed by atoms with Crippen LogP contribution in [0.15, 0.2) is 0 Å². The zero-order valence-electron chi connectivity index (χ0n) is 8.98. The van der Waals surface area contributed by atoms with Crippen molar-refractivity contribution < 1.29 is 13.5 Å². The van der Waals surface area contributed by atoms with E-state index in [4.69, 9.17) is 0 Å². The smallest absolute Gasteiger partial charge is 0.152 e. The number of rotatable bonds is 2. The van der Waals surface area contributed by atoms with Crippen molar-refractivity contribution in [3.05, 3.63) is 0 Å². The summed E-state index contributed by atoms with van der Waals surface area (Å²) in [5.74, 6) is 0.517. The zero-order chi connectivity index (χ0) is 10.9. The third kappa shape index (κ3) is 2.19. The van der Waals surface area contributed by atoms with E-state index in [9.17, 15) is 13.5 Å². The minimum Gasteiger partial charge on any atom is -0.394 e. The van der Waals surface area contributed by atoms with Gasteiger partial charge in [0.25, 0.3) is 0 Å².